The Balaban J connectivity index is 1.37. The second-order valence-electron chi connectivity index (χ2n) is 9.83. The van der Waals surface area contributed by atoms with Crippen molar-refractivity contribution in [2.24, 2.45) is 17.8 Å². The lowest BCUT2D eigenvalue weighted by Crippen LogP contribution is -2.48. The van der Waals surface area contributed by atoms with Gasteiger partial charge in [-0.1, -0.05) is 30.3 Å². The highest BCUT2D eigenvalue weighted by Gasteiger charge is 2.52. The molecule has 0 atom stereocenters. The van der Waals surface area contributed by atoms with Crippen LogP contribution in [-0.4, -0.2) is 10.9 Å². The minimum atomic E-state index is -0.413. The van der Waals surface area contributed by atoms with Gasteiger partial charge in [0, 0.05) is 5.39 Å². The van der Waals surface area contributed by atoms with Gasteiger partial charge >= 0.3 is 0 Å². The number of hydrogen-bond donors (Lipinski definition) is 2. The summed E-state index contributed by atoms with van der Waals surface area (Å²) in [5.74, 6) is 1.69. The Morgan fingerprint density at radius 3 is 2.29 bits per heavy atom. The summed E-state index contributed by atoms with van der Waals surface area (Å²) in [5, 5.41) is 1.17. The quantitative estimate of drug-likeness (QED) is 0.546. The van der Waals surface area contributed by atoms with E-state index in [4.69, 9.17) is 0 Å². The Morgan fingerprint density at radius 2 is 1.58 bits per heavy atom. The molecule has 7 rings (SSSR count). The van der Waals surface area contributed by atoms with E-state index in [0.29, 0.717) is 5.69 Å². The van der Waals surface area contributed by atoms with Crippen LogP contribution in [0.2, 0.25) is 0 Å². The normalized spacial score (nSPS) is 28.6. The molecule has 0 saturated heterocycles. The van der Waals surface area contributed by atoms with Crippen molar-refractivity contribution >= 4 is 22.5 Å². The lowest BCUT2D eigenvalue weighted by atomic mass is 9.48. The van der Waals surface area contributed by atoms with E-state index in [0.717, 1.165) is 23.3 Å². The molecule has 0 unspecified atom stereocenters. The molecule has 3 aromatic rings. The van der Waals surface area contributed by atoms with Crippen molar-refractivity contribution in [1.82, 2.24) is 10.4 Å². The van der Waals surface area contributed by atoms with Crippen molar-refractivity contribution in [3.63, 3.8) is 0 Å². The summed E-state index contributed by atoms with van der Waals surface area (Å²) in [5.41, 5.74) is 8.24. The predicted molar refractivity (Wildman–Crippen MR) is 119 cm³/mol. The van der Waals surface area contributed by atoms with Crippen molar-refractivity contribution < 1.29 is 9.18 Å². The van der Waals surface area contributed by atoms with Gasteiger partial charge in [-0.3, -0.25) is 15.6 Å². The van der Waals surface area contributed by atoms with Gasteiger partial charge < -0.3 is 0 Å². The van der Waals surface area contributed by atoms with Crippen molar-refractivity contribution in [3.05, 3.63) is 71.7 Å². The molecular formula is C26H26FN3O. The third kappa shape index (κ3) is 3.18. The number of carbonyl (C=O) groups is 1. The molecule has 2 aromatic carbocycles. The van der Waals surface area contributed by atoms with Crippen LogP contribution in [-0.2, 0) is 5.41 Å². The van der Waals surface area contributed by atoms with Gasteiger partial charge in [-0.15, -0.1) is 0 Å². The van der Waals surface area contributed by atoms with Crippen LogP contribution in [0.1, 0.15) is 54.6 Å². The number of carbonyl (C=O) groups excluding carboxylic acids is 1. The maximum Gasteiger partial charge on any atom is 0.288 e. The molecule has 1 amide bonds. The number of fused-ring (bicyclic) bond motifs is 1. The monoisotopic (exact) mass is 415 g/mol. The summed E-state index contributed by atoms with van der Waals surface area (Å²) in [4.78, 5) is 17.6. The third-order valence-corrected chi connectivity index (χ3v) is 7.74. The number of rotatable bonds is 4. The van der Waals surface area contributed by atoms with Crippen LogP contribution < -0.4 is 10.9 Å². The Labute approximate surface area is 181 Å². The van der Waals surface area contributed by atoms with E-state index in [2.05, 4.69) is 28.0 Å². The molecule has 0 radical (unpaired) electrons. The molecule has 31 heavy (non-hydrogen) atoms. The van der Waals surface area contributed by atoms with Gasteiger partial charge in [0.25, 0.3) is 5.91 Å². The molecule has 4 aliphatic carbocycles. The van der Waals surface area contributed by atoms with Crippen LogP contribution >= 0.6 is 0 Å². The van der Waals surface area contributed by atoms with Crippen LogP contribution in [0.25, 0.3) is 10.9 Å². The first-order valence-corrected chi connectivity index (χ1v) is 11.3. The molecule has 4 bridgehead atoms. The fraction of sp³-hybridized carbons (Fsp3) is 0.385. The Kier molecular flexibility index (Phi) is 4.27. The van der Waals surface area contributed by atoms with Gasteiger partial charge in [-0.2, -0.15) is 0 Å². The second-order valence-corrected chi connectivity index (χ2v) is 9.83. The average molecular weight is 416 g/mol. The summed E-state index contributed by atoms with van der Waals surface area (Å²) in [6.45, 7) is 0. The summed E-state index contributed by atoms with van der Waals surface area (Å²) in [6, 6.07) is 16.5. The van der Waals surface area contributed by atoms with Crippen LogP contribution in [0.3, 0.4) is 0 Å². The van der Waals surface area contributed by atoms with E-state index in [1.807, 2.05) is 18.2 Å². The lowest BCUT2D eigenvalue weighted by molar-refractivity contribution is -0.00453. The number of pyridine rings is 1. The van der Waals surface area contributed by atoms with Crippen molar-refractivity contribution in [2.45, 2.75) is 43.9 Å². The second kappa shape index (κ2) is 7.04. The molecule has 1 heterocycles. The topological polar surface area (TPSA) is 54.0 Å². The minimum absolute atomic E-state index is 0.158. The highest BCUT2D eigenvalue weighted by atomic mass is 19.1. The van der Waals surface area contributed by atoms with Crippen LogP contribution in [0.5, 0.6) is 0 Å². The molecule has 4 fully saturated rings. The third-order valence-electron chi connectivity index (χ3n) is 7.74. The van der Waals surface area contributed by atoms with Gasteiger partial charge in [0.15, 0.2) is 0 Å². The smallest absolute Gasteiger partial charge is 0.288 e. The van der Waals surface area contributed by atoms with Crippen molar-refractivity contribution in [3.8, 4) is 0 Å². The fourth-order valence-corrected chi connectivity index (χ4v) is 6.92. The number of nitrogens with zero attached hydrogens (tertiary/aromatic N) is 1. The van der Waals surface area contributed by atoms with Gasteiger partial charge in [-0.25, -0.2) is 9.37 Å². The maximum atomic E-state index is 13.9. The number of halogens is 1. The minimum Gasteiger partial charge on any atom is -0.295 e. The van der Waals surface area contributed by atoms with Crippen molar-refractivity contribution in [2.75, 3.05) is 5.43 Å². The maximum absolute atomic E-state index is 13.9. The highest BCUT2D eigenvalue weighted by Crippen LogP contribution is 2.61. The number of hydrogen-bond acceptors (Lipinski definition) is 3. The SMILES string of the molecule is O=C(NNc1ccccc1F)c1cc(C23CC4CC(CC(C4)C2)C3)c2ccccc2n1. The van der Waals surface area contributed by atoms with Crippen LogP contribution in [0.4, 0.5) is 10.1 Å². The molecule has 4 saturated carbocycles. The predicted octanol–water partition coefficient (Wildman–Crippen LogP) is 5.60. The first kappa shape index (κ1) is 18.8. The summed E-state index contributed by atoms with van der Waals surface area (Å²) >= 11 is 0. The van der Waals surface area contributed by atoms with Gasteiger partial charge in [0.2, 0.25) is 0 Å². The molecule has 1 aromatic heterocycles. The zero-order chi connectivity index (χ0) is 21.0. The molecule has 158 valence electrons. The molecule has 2 N–H and O–H groups in total. The van der Waals surface area contributed by atoms with E-state index in [9.17, 15) is 9.18 Å². The first-order valence-electron chi connectivity index (χ1n) is 11.3. The fourth-order valence-electron chi connectivity index (χ4n) is 6.92. The van der Waals surface area contributed by atoms with E-state index < -0.39 is 5.82 Å². The molecule has 0 spiro atoms. The van der Waals surface area contributed by atoms with Gasteiger partial charge in [0.05, 0.1) is 11.2 Å². The number of anilines is 1. The molecular weight excluding hydrogens is 389 g/mol. The van der Waals surface area contributed by atoms with Crippen LogP contribution in [0, 0.1) is 23.6 Å². The van der Waals surface area contributed by atoms with E-state index >= 15 is 0 Å². The first-order chi connectivity index (χ1) is 15.1. The number of aromatic nitrogens is 1. The van der Waals surface area contributed by atoms with E-state index in [-0.39, 0.29) is 17.0 Å². The Hall–Kier alpha value is -2.95. The largest absolute Gasteiger partial charge is 0.295 e. The highest BCUT2D eigenvalue weighted by molar-refractivity contribution is 5.96. The van der Waals surface area contributed by atoms with Crippen molar-refractivity contribution in [1.29, 1.82) is 0 Å². The Morgan fingerprint density at radius 1 is 0.935 bits per heavy atom. The van der Waals surface area contributed by atoms with Crippen LogP contribution in [0.15, 0.2) is 54.6 Å². The van der Waals surface area contributed by atoms with E-state index in [1.54, 1.807) is 18.2 Å². The molecule has 0 aliphatic heterocycles. The Bertz CT molecular complexity index is 1140. The summed E-state index contributed by atoms with van der Waals surface area (Å²) in [7, 11) is 0. The number of nitrogens with one attached hydrogen (secondary N) is 2. The van der Waals surface area contributed by atoms with E-state index in [1.165, 1.54) is 55.5 Å². The molecule has 4 nitrogen and oxygen atoms in total. The molecule has 5 heteroatoms. The zero-order valence-corrected chi connectivity index (χ0v) is 17.4. The summed E-state index contributed by atoms with van der Waals surface area (Å²) in [6.07, 6.45) is 7.80. The van der Waals surface area contributed by atoms with Gasteiger partial charge in [-0.05, 0) is 91.5 Å². The van der Waals surface area contributed by atoms with Gasteiger partial charge in [0.1, 0.15) is 11.5 Å². The number of para-hydroxylation sites is 2. The summed E-state index contributed by atoms with van der Waals surface area (Å²) < 4.78 is 13.9. The average Bonchev–Trinajstić information content (AvgIpc) is 2.76. The standard InChI is InChI=1S/C26H26FN3O/c27-21-6-2-4-8-23(21)29-30-25(31)24-12-20(19-5-1-3-7-22(19)28-24)26-13-16-9-17(14-26)11-18(10-16)15-26/h1-8,12,16-18,29H,9-11,13-15H2,(H,30,31). The number of benzene rings is 2. The number of hydrazine groups is 1. The lowest BCUT2D eigenvalue weighted by Gasteiger charge is -2.57. The molecule has 4 aliphatic rings. The number of amides is 1. The zero-order valence-electron chi connectivity index (χ0n) is 17.4.